The summed E-state index contributed by atoms with van der Waals surface area (Å²) in [5, 5.41) is 0. The minimum atomic E-state index is -0.250. The first-order valence-electron chi connectivity index (χ1n) is 8.93. The van der Waals surface area contributed by atoms with Crippen molar-refractivity contribution in [2.75, 3.05) is 4.90 Å². The van der Waals surface area contributed by atoms with E-state index in [0.717, 1.165) is 18.4 Å². The van der Waals surface area contributed by atoms with Crippen molar-refractivity contribution in [2.24, 2.45) is 0 Å². The van der Waals surface area contributed by atoms with Gasteiger partial charge in [0.25, 0.3) is 5.89 Å². The Balaban J connectivity index is 1.71. The van der Waals surface area contributed by atoms with Crippen LogP contribution in [0.15, 0.2) is 46.9 Å². The molecular weight excluding hydrogens is 312 g/mol. The lowest BCUT2D eigenvalue weighted by molar-refractivity contribution is 0.0917. The summed E-state index contributed by atoms with van der Waals surface area (Å²) in [6.07, 6.45) is 1.71. The number of para-hydroxylation sites is 3. The fraction of sp³-hybridized carbons (Fsp3) is 0.333. The molecule has 0 aliphatic heterocycles. The molecule has 0 bridgehead atoms. The predicted molar refractivity (Wildman–Crippen MR) is 100 cm³/mol. The maximum absolute atomic E-state index is 13.2. The molecule has 0 saturated heterocycles. The molecule has 0 fully saturated rings. The van der Waals surface area contributed by atoms with Gasteiger partial charge in [-0.2, -0.15) is 0 Å². The van der Waals surface area contributed by atoms with Gasteiger partial charge in [0.2, 0.25) is 5.78 Å². The zero-order chi connectivity index (χ0) is 17.6. The minimum Gasteiger partial charge on any atom is -0.434 e. The Morgan fingerprint density at radius 2 is 1.84 bits per heavy atom. The van der Waals surface area contributed by atoms with Crippen LogP contribution >= 0.6 is 0 Å². The number of rotatable bonds is 7. The van der Waals surface area contributed by atoms with E-state index in [1.807, 2.05) is 24.3 Å². The van der Waals surface area contributed by atoms with Crippen molar-refractivity contribution in [1.29, 1.82) is 0 Å². The summed E-state index contributed by atoms with van der Waals surface area (Å²) in [7, 11) is 0. The molecule has 0 amide bonds. The normalized spacial score (nSPS) is 13.3. The van der Waals surface area contributed by atoms with Crippen molar-refractivity contribution >= 4 is 22.6 Å². The highest BCUT2D eigenvalue weighted by Gasteiger charge is 2.38. The summed E-state index contributed by atoms with van der Waals surface area (Å²) in [6, 6.07) is 13.8. The van der Waals surface area contributed by atoms with Gasteiger partial charge in [0.1, 0.15) is 5.52 Å². The monoisotopic (exact) mass is 334 g/mol. The van der Waals surface area contributed by atoms with Crippen LogP contribution in [0.5, 0.6) is 0 Å². The SMILES string of the molecule is CCC[C@@H](C(=O)c1nc2ccccc2o1)N(c1c2cccc1-2)C(C)C. The highest BCUT2D eigenvalue weighted by Crippen LogP contribution is 2.53. The molecule has 1 aromatic carbocycles. The molecular formula is C21H22N2O2. The zero-order valence-electron chi connectivity index (χ0n) is 14.8. The van der Waals surface area contributed by atoms with E-state index in [0.29, 0.717) is 5.58 Å². The number of ketones is 1. The van der Waals surface area contributed by atoms with E-state index in [-0.39, 0.29) is 23.8 Å². The first kappa shape index (κ1) is 15.9. The quantitative estimate of drug-likeness (QED) is 0.442. The average molecular weight is 334 g/mol. The Kier molecular flexibility index (Phi) is 3.83. The van der Waals surface area contributed by atoms with Crippen molar-refractivity contribution in [3.05, 3.63) is 48.4 Å². The standard InChI is InChI=1S/C21H22N2O2/c1-4-8-17(23(13(2)3)19-14-9-7-10-15(14)19)20(24)21-22-16-11-5-6-12-18(16)25-21/h5-7,9-13,17H,4,8H2,1-3H3/t17-/m0/s1. The van der Waals surface area contributed by atoms with Crippen molar-refractivity contribution < 1.29 is 9.21 Å². The Hall–Kier alpha value is -2.62. The highest BCUT2D eigenvalue weighted by molar-refractivity contribution is 6.09. The van der Waals surface area contributed by atoms with Crippen LogP contribution in [-0.2, 0) is 0 Å². The number of Topliss-reactive ketones (excluding diaryl/α,β-unsaturated/α-hetero) is 1. The van der Waals surface area contributed by atoms with Gasteiger partial charge in [0, 0.05) is 17.2 Å². The molecule has 4 nitrogen and oxygen atoms in total. The van der Waals surface area contributed by atoms with Crippen LogP contribution in [0.2, 0.25) is 0 Å². The Bertz CT molecular complexity index is 889. The fourth-order valence-electron chi connectivity index (χ4n) is 3.63. The van der Waals surface area contributed by atoms with Crippen LogP contribution in [0.25, 0.3) is 22.2 Å². The number of carbonyl (C=O) groups excluding carboxylic acids is 1. The molecule has 1 aromatic heterocycles. The summed E-state index contributed by atoms with van der Waals surface area (Å²) >= 11 is 0. The number of benzene rings is 2. The van der Waals surface area contributed by atoms with Crippen LogP contribution in [0.4, 0.5) is 5.69 Å². The number of anilines is 1. The first-order chi connectivity index (χ1) is 12.1. The number of nitrogens with zero attached hydrogens (tertiary/aromatic N) is 2. The van der Waals surface area contributed by atoms with Crippen LogP contribution in [0.1, 0.15) is 44.3 Å². The van der Waals surface area contributed by atoms with Crippen LogP contribution in [0.3, 0.4) is 0 Å². The van der Waals surface area contributed by atoms with Crippen LogP contribution < -0.4 is 4.90 Å². The van der Waals surface area contributed by atoms with E-state index < -0.39 is 0 Å². The van der Waals surface area contributed by atoms with E-state index in [1.165, 1.54) is 16.8 Å². The Morgan fingerprint density at radius 3 is 2.48 bits per heavy atom. The van der Waals surface area contributed by atoms with E-state index in [2.05, 4.69) is 48.9 Å². The number of aromatic nitrogens is 1. The third kappa shape index (κ3) is 2.62. The molecule has 2 aliphatic carbocycles. The molecule has 4 rings (SSSR count). The predicted octanol–water partition coefficient (Wildman–Crippen LogP) is 5.07. The second-order valence-electron chi connectivity index (χ2n) is 6.86. The summed E-state index contributed by atoms with van der Waals surface area (Å²) in [5.41, 5.74) is 5.13. The molecule has 1 atom stereocenters. The zero-order valence-corrected chi connectivity index (χ0v) is 14.8. The van der Waals surface area contributed by atoms with Gasteiger partial charge < -0.3 is 9.32 Å². The molecule has 1 heterocycles. The van der Waals surface area contributed by atoms with Crippen LogP contribution in [-0.4, -0.2) is 22.9 Å². The van der Waals surface area contributed by atoms with Gasteiger partial charge in [0.05, 0.1) is 11.7 Å². The molecule has 128 valence electrons. The Labute approximate surface area is 147 Å². The summed E-state index contributed by atoms with van der Waals surface area (Å²) < 4.78 is 5.75. The lowest BCUT2D eigenvalue weighted by Gasteiger charge is -2.33. The van der Waals surface area contributed by atoms with E-state index >= 15 is 0 Å². The van der Waals surface area contributed by atoms with Gasteiger partial charge in [-0.05, 0) is 32.4 Å². The van der Waals surface area contributed by atoms with Crippen molar-refractivity contribution in [2.45, 2.75) is 45.7 Å². The van der Waals surface area contributed by atoms with Gasteiger partial charge >= 0.3 is 0 Å². The van der Waals surface area contributed by atoms with Gasteiger partial charge in [-0.15, -0.1) is 0 Å². The number of oxazole rings is 1. The van der Waals surface area contributed by atoms with Crippen LogP contribution in [0, 0.1) is 0 Å². The van der Waals surface area contributed by atoms with Crippen molar-refractivity contribution in [3.8, 4) is 11.1 Å². The second-order valence-corrected chi connectivity index (χ2v) is 6.86. The summed E-state index contributed by atoms with van der Waals surface area (Å²) in [5.74, 6) is 0.181. The van der Waals surface area contributed by atoms with E-state index in [1.54, 1.807) is 0 Å². The molecule has 2 aromatic rings. The number of fused-ring (bicyclic) bond motifs is 2. The second kappa shape index (κ2) is 6.03. The minimum absolute atomic E-state index is 0.0330. The van der Waals surface area contributed by atoms with Gasteiger partial charge in [0.15, 0.2) is 5.58 Å². The third-order valence-electron chi connectivity index (χ3n) is 4.78. The smallest absolute Gasteiger partial charge is 0.266 e. The average Bonchev–Trinajstić information content (AvgIpc) is 2.98. The lowest BCUT2D eigenvalue weighted by Crippen LogP contribution is -2.44. The molecule has 0 spiro atoms. The van der Waals surface area contributed by atoms with Gasteiger partial charge in [-0.1, -0.05) is 43.7 Å². The van der Waals surface area contributed by atoms with E-state index in [4.69, 9.17) is 4.42 Å². The highest BCUT2D eigenvalue weighted by atomic mass is 16.4. The Morgan fingerprint density at radius 1 is 1.12 bits per heavy atom. The van der Waals surface area contributed by atoms with E-state index in [9.17, 15) is 4.79 Å². The number of hydrogen-bond donors (Lipinski definition) is 0. The third-order valence-corrected chi connectivity index (χ3v) is 4.78. The maximum Gasteiger partial charge on any atom is 0.266 e. The molecule has 2 aliphatic rings. The molecule has 0 radical (unpaired) electrons. The summed E-state index contributed by atoms with van der Waals surface area (Å²) in [4.78, 5) is 19.9. The fourth-order valence-corrected chi connectivity index (χ4v) is 3.63. The topological polar surface area (TPSA) is 46.3 Å². The number of carbonyl (C=O) groups is 1. The molecule has 0 unspecified atom stereocenters. The molecule has 0 saturated carbocycles. The van der Waals surface area contributed by atoms with Gasteiger partial charge in [-0.25, -0.2) is 4.98 Å². The molecule has 0 N–H and O–H groups in total. The largest absolute Gasteiger partial charge is 0.434 e. The lowest BCUT2D eigenvalue weighted by atomic mass is 10.0. The maximum atomic E-state index is 13.2. The summed E-state index contributed by atoms with van der Waals surface area (Å²) in [6.45, 7) is 6.37. The molecule has 4 heteroatoms. The number of hydrogen-bond acceptors (Lipinski definition) is 4. The van der Waals surface area contributed by atoms with Gasteiger partial charge in [-0.3, -0.25) is 4.79 Å². The molecule has 25 heavy (non-hydrogen) atoms. The van der Waals surface area contributed by atoms with Crippen molar-refractivity contribution in [1.82, 2.24) is 4.98 Å². The first-order valence-corrected chi connectivity index (χ1v) is 8.93. The van der Waals surface area contributed by atoms with Crippen molar-refractivity contribution in [3.63, 3.8) is 0 Å².